The molecule has 0 heterocycles. The maximum absolute atomic E-state index is 11.9. The Bertz CT molecular complexity index is 704. The third-order valence-electron chi connectivity index (χ3n) is 3.15. The first-order chi connectivity index (χ1) is 11.5. The summed E-state index contributed by atoms with van der Waals surface area (Å²) in [4.78, 5) is 24.1. The highest BCUT2D eigenvalue weighted by atomic mass is 79.9. The van der Waals surface area contributed by atoms with Crippen LogP contribution in [0.1, 0.15) is 18.9 Å². The fraction of sp³-hybridized carbons (Fsp3) is 0.222. The summed E-state index contributed by atoms with van der Waals surface area (Å²) in [5.74, 6) is 0.644. The summed E-state index contributed by atoms with van der Waals surface area (Å²) in [5.41, 5.74) is 1.69. The maximum atomic E-state index is 11.9. The van der Waals surface area contributed by atoms with Gasteiger partial charge in [0.1, 0.15) is 0 Å². The lowest BCUT2D eigenvalue weighted by atomic mass is 10.2. The van der Waals surface area contributed by atoms with Gasteiger partial charge in [-0.3, -0.25) is 9.59 Å². The van der Waals surface area contributed by atoms with E-state index < -0.39 is 0 Å². The summed E-state index contributed by atoms with van der Waals surface area (Å²) in [6.45, 7) is 1.92. The van der Waals surface area contributed by atoms with Gasteiger partial charge >= 0.3 is 0 Å². The van der Waals surface area contributed by atoms with Gasteiger partial charge in [-0.25, -0.2) is 0 Å². The molecule has 2 rings (SSSR count). The van der Waals surface area contributed by atoms with Crippen molar-refractivity contribution in [3.05, 3.63) is 58.6 Å². The molecule has 126 valence electrons. The Labute approximate surface area is 154 Å². The van der Waals surface area contributed by atoms with E-state index in [-0.39, 0.29) is 11.8 Å². The third-order valence-corrected chi connectivity index (χ3v) is 4.69. The Kier molecular flexibility index (Phi) is 7.34. The van der Waals surface area contributed by atoms with E-state index in [0.29, 0.717) is 13.0 Å². The number of benzene rings is 2. The zero-order valence-electron chi connectivity index (χ0n) is 13.3. The number of thioether (sulfide) groups is 1. The summed E-state index contributed by atoms with van der Waals surface area (Å²) in [7, 11) is 0. The molecule has 2 N–H and O–H groups in total. The molecule has 0 saturated carbocycles. The van der Waals surface area contributed by atoms with Crippen LogP contribution in [0.5, 0.6) is 0 Å². The number of carbonyl (C=O) groups is 2. The molecule has 0 saturated heterocycles. The van der Waals surface area contributed by atoms with Crippen LogP contribution >= 0.6 is 27.7 Å². The highest BCUT2D eigenvalue weighted by Gasteiger charge is 2.03. The molecule has 24 heavy (non-hydrogen) atoms. The second-order valence-electron chi connectivity index (χ2n) is 5.21. The fourth-order valence-corrected chi connectivity index (χ4v) is 3.16. The van der Waals surface area contributed by atoms with Crippen LogP contribution in [0.2, 0.25) is 0 Å². The van der Waals surface area contributed by atoms with Crippen molar-refractivity contribution >= 4 is 45.2 Å². The van der Waals surface area contributed by atoms with Gasteiger partial charge in [0.05, 0.1) is 0 Å². The molecular weight excluding hydrogens is 388 g/mol. The molecule has 4 nitrogen and oxygen atoms in total. The average Bonchev–Trinajstić information content (AvgIpc) is 2.54. The van der Waals surface area contributed by atoms with Gasteiger partial charge in [-0.1, -0.05) is 28.1 Å². The Morgan fingerprint density at radius 3 is 2.58 bits per heavy atom. The van der Waals surface area contributed by atoms with Crippen LogP contribution in [-0.2, 0) is 16.1 Å². The standard InChI is InChI=1S/C18H19BrN2O2S/c1-13(22)21-16-4-2-3-14(11-16)12-20-18(23)9-10-24-17-7-5-15(19)6-8-17/h2-8,11H,9-10,12H2,1H3,(H,20,23)(H,21,22). The number of carbonyl (C=O) groups excluding carboxylic acids is 2. The summed E-state index contributed by atoms with van der Waals surface area (Å²) in [6.07, 6.45) is 0.464. The molecule has 2 aromatic rings. The molecule has 6 heteroatoms. The molecule has 0 spiro atoms. The van der Waals surface area contributed by atoms with Gasteiger partial charge in [-0.05, 0) is 42.0 Å². The van der Waals surface area contributed by atoms with Gasteiger partial charge in [0.2, 0.25) is 11.8 Å². The van der Waals surface area contributed by atoms with Crippen molar-refractivity contribution in [1.82, 2.24) is 5.32 Å². The lowest BCUT2D eigenvalue weighted by Gasteiger charge is -2.08. The highest BCUT2D eigenvalue weighted by molar-refractivity contribution is 9.10. The quantitative estimate of drug-likeness (QED) is 0.677. The second-order valence-corrected chi connectivity index (χ2v) is 7.29. The minimum Gasteiger partial charge on any atom is -0.352 e. The zero-order chi connectivity index (χ0) is 17.4. The Morgan fingerprint density at radius 1 is 1.12 bits per heavy atom. The van der Waals surface area contributed by atoms with Crippen LogP contribution in [0.25, 0.3) is 0 Å². The Hall–Kier alpha value is -1.79. The first-order valence-corrected chi connectivity index (χ1v) is 9.32. The number of hydrogen-bond donors (Lipinski definition) is 2. The number of anilines is 1. The molecule has 2 amide bonds. The van der Waals surface area contributed by atoms with Crippen LogP contribution < -0.4 is 10.6 Å². The molecule has 0 aliphatic carbocycles. The maximum Gasteiger partial charge on any atom is 0.221 e. The monoisotopic (exact) mass is 406 g/mol. The van der Waals surface area contributed by atoms with E-state index >= 15 is 0 Å². The van der Waals surface area contributed by atoms with Gasteiger partial charge < -0.3 is 10.6 Å². The van der Waals surface area contributed by atoms with Gasteiger partial charge in [0.25, 0.3) is 0 Å². The SMILES string of the molecule is CC(=O)Nc1cccc(CNC(=O)CCSc2ccc(Br)cc2)c1. The number of hydrogen-bond acceptors (Lipinski definition) is 3. The van der Waals surface area contributed by atoms with E-state index in [4.69, 9.17) is 0 Å². The van der Waals surface area contributed by atoms with Gasteiger partial charge in [-0.2, -0.15) is 0 Å². The summed E-state index contributed by atoms with van der Waals surface area (Å²) >= 11 is 5.06. The predicted octanol–water partition coefficient (Wildman–Crippen LogP) is 4.21. The number of amides is 2. The lowest BCUT2D eigenvalue weighted by Crippen LogP contribution is -2.23. The van der Waals surface area contributed by atoms with Crippen LogP contribution in [0, 0.1) is 0 Å². The van der Waals surface area contributed by atoms with E-state index in [1.807, 2.05) is 48.5 Å². The Balaban J connectivity index is 1.73. The van der Waals surface area contributed by atoms with Crippen molar-refractivity contribution in [2.24, 2.45) is 0 Å². The average molecular weight is 407 g/mol. The van der Waals surface area contributed by atoms with E-state index in [0.717, 1.165) is 26.4 Å². The molecule has 0 fully saturated rings. The van der Waals surface area contributed by atoms with Gasteiger partial charge in [0.15, 0.2) is 0 Å². The zero-order valence-corrected chi connectivity index (χ0v) is 15.7. The summed E-state index contributed by atoms with van der Waals surface area (Å²) in [5, 5.41) is 5.63. The van der Waals surface area contributed by atoms with Crippen molar-refractivity contribution in [3.63, 3.8) is 0 Å². The van der Waals surface area contributed by atoms with E-state index in [2.05, 4.69) is 26.6 Å². The topological polar surface area (TPSA) is 58.2 Å². The smallest absolute Gasteiger partial charge is 0.221 e. The van der Waals surface area contributed by atoms with Crippen molar-refractivity contribution in [2.45, 2.75) is 24.8 Å². The minimum atomic E-state index is -0.110. The highest BCUT2D eigenvalue weighted by Crippen LogP contribution is 2.21. The van der Waals surface area contributed by atoms with E-state index in [1.165, 1.54) is 6.92 Å². The van der Waals surface area contributed by atoms with Crippen molar-refractivity contribution in [3.8, 4) is 0 Å². The predicted molar refractivity (Wildman–Crippen MR) is 102 cm³/mol. The number of nitrogens with one attached hydrogen (secondary N) is 2. The van der Waals surface area contributed by atoms with Gasteiger partial charge in [0, 0.05) is 40.7 Å². The summed E-state index contributed by atoms with van der Waals surface area (Å²) < 4.78 is 1.05. The first-order valence-electron chi connectivity index (χ1n) is 7.54. The molecule has 2 aromatic carbocycles. The van der Waals surface area contributed by atoms with Crippen LogP contribution in [-0.4, -0.2) is 17.6 Å². The molecule has 0 aliphatic rings. The fourth-order valence-electron chi connectivity index (χ4n) is 2.04. The number of halogens is 1. The number of rotatable bonds is 7. The summed E-state index contributed by atoms with van der Waals surface area (Å²) in [6, 6.07) is 15.5. The van der Waals surface area contributed by atoms with Gasteiger partial charge in [-0.15, -0.1) is 11.8 Å². The van der Waals surface area contributed by atoms with Crippen molar-refractivity contribution in [1.29, 1.82) is 0 Å². The molecule has 0 bridgehead atoms. The Morgan fingerprint density at radius 2 is 1.88 bits per heavy atom. The van der Waals surface area contributed by atoms with Crippen molar-refractivity contribution < 1.29 is 9.59 Å². The van der Waals surface area contributed by atoms with Crippen molar-refractivity contribution in [2.75, 3.05) is 11.1 Å². The van der Waals surface area contributed by atoms with Crippen LogP contribution in [0.3, 0.4) is 0 Å². The molecular formula is C18H19BrN2O2S. The van der Waals surface area contributed by atoms with Crippen LogP contribution in [0.15, 0.2) is 57.9 Å². The molecule has 0 aromatic heterocycles. The van der Waals surface area contributed by atoms with Crippen LogP contribution in [0.4, 0.5) is 5.69 Å². The lowest BCUT2D eigenvalue weighted by molar-refractivity contribution is -0.120. The third kappa shape index (κ3) is 6.76. The van der Waals surface area contributed by atoms with E-state index in [1.54, 1.807) is 11.8 Å². The minimum absolute atomic E-state index is 0.0181. The molecule has 0 unspecified atom stereocenters. The van der Waals surface area contributed by atoms with E-state index in [9.17, 15) is 9.59 Å². The largest absolute Gasteiger partial charge is 0.352 e. The normalized spacial score (nSPS) is 10.2. The first kappa shape index (κ1) is 18.5. The molecule has 0 radical (unpaired) electrons. The molecule has 0 atom stereocenters. The second kappa shape index (κ2) is 9.49. The molecule has 0 aliphatic heterocycles.